The van der Waals surface area contributed by atoms with Gasteiger partial charge in [0.05, 0.1) is 0 Å². The lowest BCUT2D eigenvalue weighted by Crippen LogP contribution is -2.12. The van der Waals surface area contributed by atoms with Crippen molar-refractivity contribution >= 4 is 42.3 Å². The molecule has 0 saturated carbocycles. The number of benzene rings is 4. The highest BCUT2D eigenvalue weighted by molar-refractivity contribution is 5.93. The van der Waals surface area contributed by atoms with Crippen LogP contribution in [-0.4, -0.2) is 40.9 Å². The van der Waals surface area contributed by atoms with Crippen LogP contribution in [0.25, 0.3) is 29.9 Å². The minimum absolute atomic E-state index is 0. The predicted molar refractivity (Wildman–Crippen MR) is 166 cm³/mol. The maximum atomic E-state index is 9.30. The van der Waals surface area contributed by atoms with E-state index in [-0.39, 0.29) is 29.7 Å². The van der Waals surface area contributed by atoms with Crippen LogP contribution in [0.15, 0.2) is 97.1 Å². The van der Waals surface area contributed by atoms with E-state index in [2.05, 4.69) is 85.8 Å². The predicted octanol–water partition coefficient (Wildman–Crippen LogP) is 7.95. The number of nitrogens with zero attached hydrogens (tertiary/aromatic N) is 1. The van der Waals surface area contributed by atoms with E-state index in [1.807, 2.05) is 6.08 Å². The van der Waals surface area contributed by atoms with Crippen molar-refractivity contribution in [2.24, 2.45) is 0 Å². The Hall–Kier alpha value is -4.25. The molecule has 0 atom stereocenters. The summed E-state index contributed by atoms with van der Waals surface area (Å²) in [6, 6.07) is 28.4. The van der Waals surface area contributed by atoms with Gasteiger partial charge in [0.2, 0.25) is 0 Å². The van der Waals surface area contributed by atoms with Crippen LogP contribution in [0.2, 0.25) is 0 Å². The highest BCUT2D eigenvalue weighted by atomic mass is 35.5. The first kappa shape index (κ1) is 29.3. The van der Waals surface area contributed by atoms with Gasteiger partial charge in [-0.15, -0.1) is 12.4 Å². The van der Waals surface area contributed by atoms with Gasteiger partial charge in [-0.3, -0.25) is 0 Å². The van der Waals surface area contributed by atoms with E-state index < -0.39 is 0 Å². The lowest BCUT2D eigenvalue weighted by Gasteiger charge is -2.13. The summed E-state index contributed by atoms with van der Waals surface area (Å²) in [6.45, 7) is 1.07. The van der Waals surface area contributed by atoms with Gasteiger partial charge in [0, 0.05) is 12.6 Å². The van der Waals surface area contributed by atoms with Crippen LogP contribution in [0.5, 0.6) is 17.2 Å². The first-order chi connectivity index (χ1) is 18.4. The Morgan fingerprint density at radius 2 is 1.13 bits per heavy atom. The third-order valence-corrected chi connectivity index (χ3v) is 6.16. The Morgan fingerprint density at radius 1 is 0.615 bits per heavy atom. The highest BCUT2D eigenvalue weighted by Gasteiger charge is 2.13. The standard InChI is InChI=1S/C20H21N.C14H12O3.ClH/c1-21(2)15-7-12-20-18-10-5-3-8-16(18)13-14-17-9-4-6-11-19(17)20;15-12-5-3-10(4-6-12)1-2-11-7-13(16)9-14(17)8-11;/h3-6,8-14H,7,15H2,1-2H3;1-9,15-17H;1H. The summed E-state index contributed by atoms with van der Waals surface area (Å²) in [7, 11) is 4.24. The molecule has 0 saturated heterocycles. The first-order valence-electron chi connectivity index (χ1n) is 12.6. The van der Waals surface area contributed by atoms with Crippen molar-refractivity contribution in [3.05, 3.63) is 130 Å². The summed E-state index contributed by atoms with van der Waals surface area (Å²) in [5.41, 5.74) is 8.23. The lowest BCUT2D eigenvalue weighted by molar-refractivity contribution is 0.417. The fraction of sp³-hybridized carbons (Fsp3) is 0.118. The van der Waals surface area contributed by atoms with Crippen molar-refractivity contribution in [1.82, 2.24) is 4.90 Å². The number of phenolic OH excluding ortho intramolecular Hbond substituents is 3. The van der Waals surface area contributed by atoms with Crippen LogP contribution in [-0.2, 0) is 0 Å². The average molecular weight is 540 g/mol. The number of hydrogen-bond acceptors (Lipinski definition) is 4. The molecule has 0 spiro atoms. The van der Waals surface area contributed by atoms with Crippen molar-refractivity contribution in [3.63, 3.8) is 0 Å². The molecule has 39 heavy (non-hydrogen) atoms. The van der Waals surface area contributed by atoms with Crippen molar-refractivity contribution in [2.45, 2.75) is 6.42 Å². The number of hydrogen-bond donors (Lipinski definition) is 3. The fourth-order valence-electron chi connectivity index (χ4n) is 4.28. The van der Waals surface area contributed by atoms with Gasteiger partial charge in [-0.1, -0.05) is 91.0 Å². The van der Waals surface area contributed by atoms with Crippen molar-refractivity contribution in [1.29, 1.82) is 0 Å². The third-order valence-electron chi connectivity index (χ3n) is 6.16. The van der Waals surface area contributed by atoms with Crippen LogP contribution in [0.1, 0.15) is 39.8 Å². The molecule has 0 unspecified atom stereocenters. The van der Waals surface area contributed by atoms with E-state index in [4.69, 9.17) is 5.11 Å². The molecule has 0 bridgehead atoms. The van der Waals surface area contributed by atoms with E-state index in [0.29, 0.717) is 5.56 Å². The zero-order valence-corrected chi connectivity index (χ0v) is 23.0. The summed E-state index contributed by atoms with van der Waals surface area (Å²) in [6.07, 6.45) is 11.5. The van der Waals surface area contributed by atoms with Gasteiger partial charge in [0.25, 0.3) is 0 Å². The second-order valence-electron chi connectivity index (χ2n) is 9.43. The van der Waals surface area contributed by atoms with E-state index in [1.54, 1.807) is 42.5 Å². The first-order valence-corrected chi connectivity index (χ1v) is 12.6. The zero-order chi connectivity index (χ0) is 26.9. The molecule has 4 aromatic rings. The number of aromatic hydroxyl groups is 3. The van der Waals surface area contributed by atoms with E-state index in [9.17, 15) is 10.2 Å². The van der Waals surface area contributed by atoms with Crippen molar-refractivity contribution in [3.8, 4) is 17.2 Å². The number of fused-ring (bicyclic) bond motifs is 2. The average Bonchev–Trinajstić information content (AvgIpc) is 3.05. The summed E-state index contributed by atoms with van der Waals surface area (Å²) in [4.78, 5) is 2.23. The molecule has 0 radical (unpaired) electrons. The Labute approximate surface area is 236 Å². The van der Waals surface area contributed by atoms with Crippen LogP contribution in [0.4, 0.5) is 0 Å². The second-order valence-corrected chi connectivity index (χ2v) is 9.43. The number of phenols is 3. The van der Waals surface area contributed by atoms with Crippen LogP contribution in [0, 0.1) is 0 Å². The van der Waals surface area contributed by atoms with Crippen molar-refractivity contribution in [2.75, 3.05) is 20.6 Å². The minimum Gasteiger partial charge on any atom is -0.508 e. The minimum atomic E-state index is 0. The highest BCUT2D eigenvalue weighted by Crippen LogP contribution is 2.33. The van der Waals surface area contributed by atoms with Gasteiger partial charge in [-0.05, 0) is 83.7 Å². The fourth-order valence-corrected chi connectivity index (χ4v) is 4.28. The Kier molecular flexibility index (Phi) is 10.6. The molecule has 0 fully saturated rings. The molecule has 0 aliphatic heterocycles. The van der Waals surface area contributed by atoms with Crippen LogP contribution < -0.4 is 0 Å². The smallest absolute Gasteiger partial charge is 0.119 e. The zero-order valence-electron chi connectivity index (χ0n) is 22.2. The quantitative estimate of drug-likeness (QED) is 0.198. The van der Waals surface area contributed by atoms with Crippen molar-refractivity contribution < 1.29 is 15.3 Å². The Bertz CT molecular complexity index is 1400. The molecular weight excluding hydrogens is 506 g/mol. The summed E-state index contributed by atoms with van der Waals surface area (Å²) in [5.74, 6) is 0.267. The maximum Gasteiger partial charge on any atom is 0.119 e. The molecule has 0 heterocycles. The monoisotopic (exact) mass is 539 g/mol. The largest absolute Gasteiger partial charge is 0.508 e. The number of halogens is 1. The van der Waals surface area contributed by atoms with Crippen LogP contribution >= 0.6 is 12.4 Å². The lowest BCUT2D eigenvalue weighted by atomic mass is 9.93. The van der Waals surface area contributed by atoms with Gasteiger partial charge < -0.3 is 20.2 Å². The van der Waals surface area contributed by atoms with Gasteiger partial charge >= 0.3 is 0 Å². The number of rotatable bonds is 5. The molecule has 5 heteroatoms. The molecule has 5 rings (SSSR count). The van der Waals surface area contributed by atoms with Gasteiger partial charge in [-0.2, -0.15) is 0 Å². The topological polar surface area (TPSA) is 63.9 Å². The third kappa shape index (κ3) is 8.37. The maximum absolute atomic E-state index is 9.30. The SMILES string of the molecule is CN(C)CCC=C1c2ccccc2C=Cc2ccccc21.Cl.Oc1ccc(C=Cc2cc(O)cc(O)c2)cc1. The van der Waals surface area contributed by atoms with E-state index in [0.717, 1.165) is 18.5 Å². The Morgan fingerprint density at radius 3 is 1.67 bits per heavy atom. The molecule has 3 N–H and O–H groups in total. The molecule has 0 aromatic heterocycles. The normalized spacial score (nSPS) is 11.6. The van der Waals surface area contributed by atoms with Gasteiger partial charge in [0.15, 0.2) is 0 Å². The molecular formula is C34H34ClNO3. The summed E-state index contributed by atoms with van der Waals surface area (Å²) >= 11 is 0. The van der Waals surface area contributed by atoms with Gasteiger partial charge in [0.1, 0.15) is 17.2 Å². The Balaban J connectivity index is 0.000000215. The van der Waals surface area contributed by atoms with E-state index in [1.165, 1.54) is 33.9 Å². The molecule has 200 valence electrons. The summed E-state index contributed by atoms with van der Waals surface area (Å²) < 4.78 is 0. The second kappa shape index (κ2) is 14.1. The molecule has 0 amide bonds. The van der Waals surface area contributed by atoms with E-state index >= 15 is 0 Å². The molecule has 1 aliphatic carbocycles. The van der Waals surface area contributed by atoms with Crippen LogP contribution in [0.3, 0.4) is 0 Å². The molecule has 1 aliphatic rings. The summed E-state index contributed by atoms with van der Waals surface area (Å²) in [5, 5.41) is 27.7. The van der Waals surface area contributed by atoms with Gasteiger partial charge in [-0.25, -0.2) is 0 Å². The molecule has 4 aromatic carbocycles. The molecule has 4 nitrogen and oxygen atoms in total.